The molecule has 7 nitrogen and oxygen atoms in total. The highest BCUT2D eigenvalue weighted by Crippen LogP contribution is 2.25. The van der Waals surface area contributed by atoms with Crippen molar-refractivity contribution in [3.05, 3.63) is 99.3 Å². The van der Waals surface area contributed by atoms with Gasteiger partial charge >= 0.3 is 0 Å². The van der Waals surface area contributed by atoms with Gasteiger partial charge in [-0.3, -0.25) is 29.8 Å². The number of thioether (sulfide) groups is 1. The molecule has 2 N–H and O–H groups in total. The van der Waals surface area contributed by atoms with Crippen molar-refractivity contribution in [2.45, 2.75) is 12.1 Å². The zero-order valence-electron chi connectivity index (χ0n) is 17.5. The van der Waals surface area contributed by atoms with Crippen LogP contribution < -0.4 is 16.4 Å². The first-order valence-corrected chi connectivity index (χ1v) is 11.4. The number of hydrogen-bond donors (Lipinski definition) is 2. The molecule has 166 valence electrons. The molecule has 0 atom stereocenters. The largest absolute Gasteiger partial charge is 0.272 e. The maximum Gasteiger partial charge on any atom is 0.269 e. The van der Waals surface area contributed by atoms with E-state index in [0.29, 0.717) is 32.3 Å². The molecule has 0 radical (unpaired) electrons. The molecule has 33 heavy (non-hydrogen) atoms. The minimum Gasteiger partial charge on any atom is -0.272 e. The van der Waals surface area contributed by atoms with Gasteiger partial charge in [0.1, 0.15) is 0 Å². The Bertz CT molecular complexity index is 1400. The van der Waals surface area contributed by atoms with E-state index in [1.807, 2.05) is 19.1 Å². The van der Waals surface area contributed by atoms with Gasteiger partial charge in [-0.15, -0.1) is 0 Å². The van der Waals surface area contributed by atoms with E-state index >= 15 is 0 Å². The number of carbonyl (C=O) groups is 2. The van der Waals surface area contributed by atoms with Crippen LogP contribution in [0.15, 0.2) is 82.7 Å². The van der Waals surface area contributed by atoms with Gasteiger partial charge in [-0.2, -0.15) is 0 Å². The smallest absolute Gasteiger partial charge is 0.269 e. The van der Waals surface area contributed by atoms with Crippen molar-refractivity contribution in [3.8, 4) is 5.69 Å². The average molecular weight is 479 g/mol. The topological polar surface area (TPSA) is 93.1 Å². The lowest BCUT2D eigenvalue weighted by atomic mass is 10.1. The maximum absolute atomic E-state index is 13.2. The number of carbonyl (C=O) groups excluding carboxylic acids is 2. The molecule has 0 aliphatic carbocycles. The van der Waals surface area contributed by atoms with Crippen LogP contribution in [0.25, 0.3) is 16.6 Å². The maximum atomic E-state index is 13.2. The molecule has 0 saturated carbocycles. The van der Waals surface area contributed by atoms with Gasteiger partial charge < -0.3 is 0 Å². The monoisotopic (exact) mass is 478 g/mol. The van der Waals surface area contributed by atoms with E-state index in [2.05, 4.69) is 15.8 Å². The van der Waals surface area contributed by atoms with Crippen LogP contribution in [-0.4, -0.2) is 27.1 Å². The van der Waals surface area contributed by atoms with Crippen LogP contribution in [-0.2, 0) is 4.79 Å². The summed E-state index contributed by atoms with van der Waals surface area (Å²) in [7, 11) is 0. The Morgan fingerprint density at radius 3 is 2.42 bits per heavy atom. The van der Waals surface area contributed by atoms with Crippen LogP contribution in [0.3, 0.4) is 0 Å². The van der Waals surface area contributed by atoms with Crippen molar-refractivity contribution < 1.29 is 9.59 Å². The minimum absolute atomic E-state index is 0.0799. The fraction of sp³-hybridized carbons (Fsp3) is 0.0833. The molecule has 4 rings (SSSR count). The van der Waals surface area contributed by atoms with Gasteiger partial charge in [0.15, 0.2) is 5.16 Å². The van der Waals surface area contributed by atoms with Gasteiger partial charge in [0, 0.05) is 5.56 Å². The van der Waals surface area contributed by atoms with Crippen molar-refractivity contribution in [3.63, 3.8) is 0 Å². The zero-order valence-corrected chi connectivity index (χ0v) is 19.1. The zero-order chi connectivity index (χ0) is 23.4. The summed E-state index contributed by atoms with van der Waals surface area (Å²) in [4.78, 5) is 42.4. The number of fused-ring (bicyclic) bond motifs is 1. The molecule has 0 spiro atoms. The van der Waals surface area contributed by atoms with E-state index in [4.69, 9.17) is 11.6 Å². The number of nitrogens with one attached hydrogen (secondary N) is 2. The Balaban J connectivity index is 1.54. The molecule has 4 aromatic rings. The third kappa shape index (κ3) is 5.08. The summed E-state index contributed by atoms with van der Waals surface area (Å²) in [6.07, 6.45) is 0. The first kappa shape index (κ1) is 22.6. The Kier molecular flexibility index (Phi) is 6.76. The average Bonchev–Trinajstić information content (AvgIpc) is 2.82. The number of amides is 2. The summed E-state index contributed by atoms with van der Waals surface area (Å²) < 4.78 is 1.40. The summed E-state index contributed by atoms with van der Waals surface area (Å²) in [6.45, 7) is 1.92. The molecule has 0 aliphatic heterocycles. The third-order valence-corrected chi connectivity index (χ3v) is 6.06. The van der Waals surface area contributed by atoms with Gasteiger partial charge in [0.2, 0.25) is 5.91 Å². The number of rotatable bonds is 5. The van der Waals surface area contributed by atoms with Crippen LogP contribution in [0.1, 0.15) is 15.9 Å². The minimum atomic E-state index is -0.450. The number of nitrogens with zero attached hydrogens (tertiary/aromatic N) is 2. The van der Waals surface area contributed by atoms with Crippen molar-refractivity contribution in [1.82, 2.24) is 20.4 Å². The molecule has 2 amide bonds. The standard InChI is InChI=1S/C24H19ClN4O3S/c1-15-10-12-16(13-11-15)22(31)28-27-21(30)14-33-24-26-19-8-4-2-6-17(19)23(32)29(24)20-9-5-3-7-18(20)25/h2-13H,14H2,1H3,(H,27,30)(H,28,31). The fourth-order valence-corrected chi connectivity index (χ4v) is 4.15. The Morgan fingerprint density at radius 2 is 1.67 bits per heavy atom. The number of para-hydroxylation sites is 2. The molecule has 9 heteroatoms. The third-order valence-electron chi connectivity index (χ3n) is 4.80. The highest BCUT2D eigenvalue weighted by molar-refractivity contribution is 7.99. The van der Waals surface area contributed by atoms with E-state index < -0.39 is 11.8 Å². The number of aromatic nitrogens is 2. The summed E-state index contributed by atoms with van der Waals surface area (Å²) in [5.74, 6) is -0.956. The molecular formula is C24H19ClN4O3S. The second-order valence-electron chi connectivity index (χ2n) is 7.16. The van der Waals surface area contributed by atoms with Crippen molar-refractivity contribution in [1.29, 1.82) is 0 Å². The second kappa shape index (κ2) is 9.89. The summed E-state index contributed by atoms with van der Waals surface area (Å²) in [6, 6.07) is 20.9. The number of benzene rings is 3. The lowest BCUT2D eigenvalue weighted by Gasteiger charge is -2.14. The predicted octanol–water partition coefficient (Wildman–Crippen LogP) is 3.90. The van der Waals surface area contributed by atoms with Crippen molar-refractivity contribution in [2.24, 2.45) is 0 Å². The van der Waals surface area contributed by atoms with E-state index in [9.17, 15) is 14.4 Å². The first-order valence-electron chi connectivity index (χ1n) is 9.99. The quantitative estimate of drug-likeness (QED) is 0.258. The number of halogens is 1. The van der Waals surface area contributed by atoms with Crippen LogP contribution in [0.2, 0.25) is 5.02 Å². The van der Waals surface area contributed by atoms with Crippen LogP contribution in [0, 0.1) is 6.92 Å². The predicted molar refractivity (Wildman–Crippen MR) is 130 cm³/mol. The molecule has 1 aromatic heterocycles. The van der Waals surface area contributed by atoms with E-state index in [0.717, 1.165) is 17.3 Å². The SMILES string of the molecule is Cc1ccc(C(=O)NNC(=O)CSc2nc3ccccc3c(=O)n2-c2ccccc2Cl)cc1. The molecule has 0 unspecified atom stereocenters. The highest BCUT2D eigenvalue weighted by Gasteiger charge is 2.16. The van der Waals surface area contributed by atoms with Crippen LogP contribution >= 0.6 is 23.4 Å². The Hall–Kier alpha value is -3.62. The number of aryl methyl sites for hydroxylation is 1. The van der Waals surface area contributed by atoms with E-state index in [1.165, 1.54) is 4.57 Å². The molecular weight excluding hydrogens is 460 g/mol. The molecule has 1 heterocycles. The molecule has 0 saturated heterocycles. The van der Waals surface area contributed by atoms with Crippen LogP contribution in [0.4, 0.5) is 0 Å². The Labute approximate surface area is 198 Å². The number of hydrazine groups is 1. The van der Waals surface area contributed by atoms with Gasteiger partial charge in [-0.25, -0.2) is 4.98 Å². The molecule has 3 aromatic carbocycles. The summed E-state index contributed by atoms with van der Waals surface area (Å²) in [5.41, 5.74) is 6.93. The number of hydrogen-bond acceptors (Lipinski definition) is 5. The fourth-order valence-electron chi connectivity index (χ4n) is 3.12. The van der Waals surface area contributed by atoms with Gasteiger partial charge in [-0.1, -0.05) is 65.3 Å². The Morgan fingerprint density at radius 1 is 0.970 bits per heavy atom. The first-order chi connectivity index (χ1) is 15.9. The van der Waals surface area contributed by atoms with E-state index in [1.54, 1.807) is 60.7 Å². The van der Waals surface area contributed by atoms with Gasteiger partial charge in [0.25, 0.3) is 11.5 Å². The summed E-state index contributed by atoms with van der Waals surface area (Å²) >= 11 is 7.41. The summed E-state index contributed by atoms with van der Waals surface area (Å²) in [5, 5.41) is 1.14. The van der Waals surface area contributed by atoms with Crippen molar-refractivity contribution in [2.75, 3.05) is 5.75 Å². The highest BCUT2D eigenvalue weighted by atomic mass is 35.5. The second-order valence-corrected chi connectivity index (χ2v) is 8.51. The lowest BCUT2D eigenvalue weighted by molar-refractivity contribution is -0.119. The molecule has 0 aliphatic rings. The van der Waals surface area contributed by atoms with Gasteiger partial charge in [0.05, 0.1) is 27.4 Å². The van der Waals surface area contributed by atoms with E-state index in [-0.39, 0.29) is 11.3 Å². The molecule has 0 bridgehead atoms. The van der Waals surface area contributed by atoms with Crippen molar-refractivity contribution >= 4 is 46.1 Å². The normalized spacial score (nSPS) is 10.7. The van der Waals surface area contributed by atoms with Crippen LogP contribution in [0.5, 0.6) is 0 Å². The molecule has 0 fully saturated rings. The lowest BCUT2D eigenvalue weighted by Crippen LogP contribution is -2.42. The van der Waals surface area contributed by atoms with Gasteiger partial charge in [-0.05, 0) is 43.3 Å².